The summed E-state index contributed by atoms with van der Waals surface area (Å²) in [6, 6.07) is 40.1. The highest BCUT2D eigenvalue weighted by atomic mass is 28.3. The SMILES string of the molecule is C=C(C)CC=N/C(=C\C)c1cccc(C2=C(c3ccccc3)C(c3ccccc3)=C(c3cccc(-c4ccccn4)n3)[Si]2(C)C)n1. The Morgan fingerprint density at radius 3 is 1.78 bits per heavy atom. The topological polar surface area (TPSA) is 51.0 Å². The molecule has 0 amide bonds. The molecule has 2 aromatic carbocycles. The summed E-state index contributed by atoms with van der Waals surface area (Å²) in [6.45, 7) is 12.9. The van der Waals surface area contributed by atoms with Crippen molar-refractivity contribution in [1.29, 1.82) is 0 Å². The van der Waals surface area contributed by atoms with Gasteiger partial charge >= 0.3 is 0 Å². The molecule has 0 atom stereocenters. The van der Waals surface area contributed by atoms with Gasteiger partial charge in [-0.1, -0.05) is 110 Å². The van der Waals surface area contributed by atoms with E-state index >= 15 is 0 Å². The van der Waals surface area contributed by atoms with Gasteiger partial charge in [-0.25, -0.2) is 9.97 Å². The molecule has 0 spiro atoms. The minimum atomic E-state index is -2.46. The van der Waals surface area contributed by atoms with Gasteiger partial charge in [-0.3, -0.25) is 9.98 Å². The molecule has 6 rings (SSSR count). The average molecular weight is 615 g/mol. The monoisotopic (exact) mass is 614 g/mol. The Labute approximate surface area is 273 Å². The van der Waals surface area contributed by atoms with Crippen LogP contribution in [-0.2, 0) is 0 Å². The van der Waals surface area contributed by atoms with E-state index in [0.717, 1.165) is 46.2 Å². The summed E-state index contributed by atoms with van der Waals surface area (Å²) in [6.07, 6.45) is 6.50. The first-order chi connectivity index (χ1) is 22.4. The maximum atomic E-state index is 5.33. The normalized spacial score (nSPS) is 14.7. The predicted octanol–water partition coefficient (Wildman–Crippen LogP) is 10.3. The van der Waals surface area contributed by atoms with E-state index in [1.54, 1.807) is 0 Å². The Kier molecular flexibility index (Phi) is 8.95. The Balaban J connectivity index is 1.61. The minimum absolute atomic E-state index is 0.735. The summed E-state index contributed by atoms with van der Waals surface area (Å²) in [4.78, 5) is 20.0. The van der Waals surface area contributed by atoms with Gasteiger partial charge in [0.15, 0.2) is 0 Å². The number of hydrogen-bond acceptors (Lipinski definition) is 4. The van der Waals surface area contributed by atoms with Crippen LogP contribution in [0.3, 0.4) is 0 Å². The third-order valence-electron chi connectivity index (χ3n) is 8.27. The van der Waals surface area contributed by atoms with Gasteiger partial charge in [-0.2, -0.15) is 0 Å². The van der Waals surface area contributed by atoms with Gasteiger partial charge in [0.1, 0.15) is 8.07 Å². The molecule has 0 unspecified atom stereocenters. The fourth-order valence-corrected chi connectivity index (χ4v) is 9.82. The molecule has 5 heteroatoms. The Morgan fingerprint density at radius 2 is 1.22 bits per heavy atom. The van der Waals surface area contributed by atoms with Gasteiger partial charge in [0.2, 0.25) is 0 Å². The van der Waals surface area contributed by atoms with Crippen LogP contribution in [0, 0.1) is 0 Å². The van der Waals surface area contributed by atoms with Crippen molar-refractivity contribution in [2.24, 2.45) is 4.99 Å². The van der Waals surface area contributed by atoms with Gasteiger partial charge in [0, 0.05) is 18.8 Å². The first-order valence-electron chi connectivity index (χ1n) is 15.7. The quantitative estimate of drug-likeness (QED) is 0.0943. The maximum Gasteiger partial charge on any atom is 0.119 e. The fourth-order valence-electron chi connectivity index (χ4n) is 6.22. The number of aliphatic imine (C=N–C) groups is 1. The van der Waals surface area contributed by atoms with Crippen molar-refractivity contribution >= 4 is 41.5 Å². The van der Waals surface area contributed by atoms with Crippen LogP contribution < -0.4 is 0 Å². The molecule has 4 nitrogen and oxygen atoms in total. The van der Waals surface area contributed by atoms with E-state index < -0.39 is 8.07 Å². The largest absolute Gasteiger partial charge is 0.259 e. The fraction of sp³-hybridized carbons (Fsp3) is 0.122. The van der Waals surface area contributed by atoms with E-state index in [1.165, 1.54) is 32.7 Å². The zero-order chi connectivity index (χ0) is 32.1. The van der Waals surface area contributed by atoms with Crippen LogP contribution >= 0.6 is 0 Å². The standard InChI is InChI=1S/C41H38N4Si/c1-6-32(43-28-26-29(2)3)34-22-15-24-36(44-34)40-38(30-17-9-7-10-18-30)39(31-19-11-8-12-20-31)41(46(40,4)5)37-25-16-23-35(45-37)33-21-13-14-27-42-33/h6-25,27-28H,2,26H2,1,3-5H3/b32-6-,43-28?. The maximum absolute atomic E-state index is 5.33. The predicted molar refractivity (Wildman–Crippen MR) is 197 cm³/mol. The van der Waals surface area contributed by atoms with Crippen molar-refractivity contribution in [3.8, 4) is 11.4 Å². The Hall–Kier alpha value is -5.26. The van der Waals surface area contributed by atoms with Gasteiger partial charge in [0.05, 0.1) is 34.2 Å². The molecule has 1 aliphatic heterocycles. The van der Waals surface area contributed by atoms with E-state index in [0.29, 0.717) is 0 Å². The van der Waals surface area contributed by atoms with Crippen molar-refractivity contribution in [2.75, 3.05) is 0 Å². The van der Waals surface area contributed by atoms with Crippen LogP contribution in [-0.4, -0.2) is 29.2 Å². The number of aromatic nitrogens is 3. The van der Waals surface area contributed by atoms with Crippen molar-refractivity contribution in [3.05, 3.63) is 168 Å². The lowest BCUT2D eigenvalue weighted by molar-refractivity contribution is 1.22. The number of nitrogens with zero attached hydrogens (tertiary/aromatic N) is 4. The van der Waals surface area contributed by atoms with Gasteiger partial charge < -0.3 is 0 Å². The molecule has 5 aromatic rings. The number of benzene rings is 2. The van der Waals surface area contributed by atoms with Crippen molar-refractivity contribution in [2.45, 2.75) is 33.4 Å². The molecule has 0 N–H and O–H groups in total. The lowest BCUT2D eigenvalue weighted by atomic mass is 9.90. The Bertz CT molecular complexity index is 2000. The second kappa shape index (κ2) is 13.4. The molecular formula is C41H38N4Si. The average Bonchev–Trinajstić information content (AvgIpc) is 3.34. The highest BCUT2D eigenvalue weighted by Gasteiger charge is 2.45. The number of allylic oxidation sites excluding steroid dienone is 4. The van der Waals surface area contributed by atoms with Crippen LogP contribution in [0.5, 0.6) is 0 Å². The molecule has 0 saturated heterocycles. The second-order valence-electron chi connectivity index (χ2n) is 12.0. The highest BCUT2D eigenvalue weighted by Crippen LogP contribution is 2.55. The first kappa shape index (κ1) is 30.7. The van der Waals surface area contributed by atoms with Crippen molar-refractivity contribution in [3.63, 3.8) is 0 Å². The van der Waals surface area contributed by atoms with Gasteiger partial charge in [0.25, 0.3) is 0 Å². The van der Waals surface area contributed by atoms with Crippen LogP contribution in [0.15, 0.2) is 145 Å². The molecule has 0 fully saturated rings. The third-order valence-corrected chi connectivity index (χ3v) is 11.8. The lowest BCUT2D eigenvalue weighted by Crippen LogP contribution is -2.29. The number of pyridine rings is 3. The van der Waals surface area contributed by atoms with Crippen LogP contribution in [0.4, 0.5) is 0 Å². The summed E-state index contributed by atoms with van der Waals surface area (Å²) >= 11 is 0. The van der Waals surface area contributed by atoms with E-state index in [-0.39, 0.29) is 0 Å². The molecule has 226 valence electrons. The molecule has 46 heavy (non-hydrogen) atoms. The Morgan fingerprint density at radius 1 is 0.674 bits per heavy atom. The third kappa shape index (κ3) is 6.15. The molecule has 4 heterocycles. The van der Waals surface area contributed by atoms with E-state index in [1.807, 2.05) is 62.7 Å². The molecule has 0 bridgehead atoms. The summed E-state index contributed by atoms with van der Waals surface area (Å²) in [7, 11) is -2.46. The van der Waals surface area contributed by atoms with Gasteiger partial charge in [-0.05, 0) is 82.9 Å². The van der Waals surface area contributed by atoms with E-state index in [9.17, 15) is 0 Å². The summed E-state index contributed by atoms with van der Waals surface area (Å²) in [5.74, 6) is 0. The summed E-state index contributed by atoms with van der Waals surface area (Å²) < 4.78 is 0. The van der Waals surface area contributed by atoms with Crippen molar-refractivity contribution in [1.82, 2.24) is 15.0 Å². The van der Waals surface area contributed by atoms with E-state index in [2.05, 4.69) is 110 Å². The molecule has 1 aliphatic rings. The second-order valence-corrected chi connectivity index (χ2v) is 16.3. The molecule has 0 radical (unpaired) electrons. The first-order valence-corrected chi connectivity index (χ1v) is 18.7. The zero-order valence-electron chi connectivity index (χ0n) is 26.9. The molecule has 3 aromatic heterocycles. The minimum Gasteiger partial charge on any atom is -0.259 e. The molecular weight excluding hydrogens is 577 g/mol. The number of hydrogen-bond donors (Lipinski definition) is 0. The zero-order valence-corrected chi connectivity index (χ0v) is 27.9. The lowest BCUT2D eigenvalue weighted by Gasteiger charge is -2.25. The number of rotatable bonds is 9. The van der Waals surface area contributed by atoms with Crippen LogP contribution in [0.25, 0.3) is 38.6 Å². The van der Waals surface area contributed by atoms with Gasteiger partial charge in [-0.15, -0.1) is 0 Å². The summed E-state index contributed by atoms with van der Waals surface area (Å²) in [5, 5.41) is 2.59. The van der Waals surface area contributed by atoms with Crippen LogP contribution in [0.1, 0.15) is 48.5 Å². The van der Waals surface area contributed by atoms with Crippen molar-refractivity contribution < 1.29 is 0 Å². The highest BCUT2D eigenvalue weighted by molar-refractivity contribution is 7.13. The molecule has 0 aliphatic carbocycles. The summed E-state index contributed by atoms with van der Waals surface area (Å²) in [5.41, 5.74) is 11.3. The smallest absolute Gasteiger partial charge is 0.119 e. The van der Waals surface area contributed by atoms with Crippen LogP contribution in [0.2, 0.25) is 13.1 Å². The molecule has 0 saturated carbocycles. The van der Waals surface area contributed by atoms with E-state index in [4.69, 9.17) is 15.0 Å².